The van der Waals surface area contributed by atoms with Crippen LogP contribution in [0, 0.1) is 6.57 Å². The summed E-state index contributed by atoms with van der Waals surface area (Å²) in [6, 6.07) is 3.67. The van der Waals surface area contributed by atoms with Crippen LogP contribution in [-0.2, 0) is 6.54 Å². The number of benzene rings is 1. The SMILES string of the molecule is [C-]#[N+]Cc1cc(Br)c(OC)c(OC)c1. The number of ether oxygens (including phenoxy) is 2. The average Bonchev–Trinajstić information content (AvgIpc) is 2.17. The van der Waals surface area contributed by atoms with Crippen molar-refractivity contribution in [3.05, 3.63) is 33.6 Å². The summed E-state index contributed by atoms with van der Waals surface area (Å²) in [5, 5.41) is 0. The summed E-state index contributed by atoms with van der Waals surface area (Å²) < 4.78 is 11.1. The fourth-order valence-electron chi connectivity index (χ4n) is 1.15. The Morgan fingerprint density at radius 1 is 1.36 bits per heavy atom. The first-order chi connectivity index (χ1) is 6.72. The maximum Gasteiger partial charge on any atom is 0.239 e. The number of rotatable bonds is 3. The van der Waals surface area contributed by atoms with Gasteiger partial charge in [0.2, 0.25) is 6.54 Å². The molecule has 4 heteroatoms. The predicted molar refractivity (Wildman–Crippen MR) is 57.6 cm³/mol. The van der Waals surface area contributed by atoms with Gasteiger partial charge in [0.05, 0.1) is 18.7 Å². The molecular weight excluding hydrogens is 246 g/mol. The lowest BCUT2D eigenvalue weighted by Crippen LogP contribution is -1.93. The van der Waals surface area contributed by atoms with Gasteiger partial charge in [-0.1, -0.05) is 0 Å². The van der Waals surface area contributed by atoms with Crippen molar-refractivity contribution in [3.63, 3.8) is 0 Å². The van der Waals surface area contributed by atoms with Crippen LogP contribution in [0.5, 0.6) is 11.5 Å². The minimum atomic E-state index is 0.346. The summed E-state index contributed by atoms with van der Waals surface area (Å²) in [7, 11) is 3.16. The van der Waals surface area contributed by atoms with Gasteiger partial charge in [0, 0.05) is 5.56 Å². The van der Waals surface area contributed by atoms with Crippen LogP contribution in [0.2, 0.25) is 0 Å². The van der Waals surface area contributed by atoms with Gasteiger partial charge in [-0.3, -0.25) is 0 Å². The van der Waals surface area contributed by atoms with Crippen molar-refractivity contribution >= 4 is 15.9 Å². The highest BCUT2D eigenvalue weighted by Crippen LogP contribution is 2.36. The van der Waals surface area contributed by atoms with Crippen molar-refractivity contribution in [1.82, 2.24) is 0 Å². The van der Waals surface area contributed by atoms with E-state index >= 15 is 0 Å². The zero-order valence-corrected chi connectivity index (χ0v) is 9.59. The molecule has 1 aromatic carbocycles. The van der Waals surface area contributed by atoms with Crippen LogP contribution in [0.4, 0.5) is 0 Å². The minimum Gasteiger partial charge on any atom is -0.493 e. The lowest BCUT2D eigenvalue weighted by Gasteiger charge is -2.09. The van der Waals surface area contributed by atoms with Crippen LogP contribution >= 0.6 is 15.9 Å². The lowest BCUT2D eigenvalue weighted by atomic mass is 10.2. The summed E-state index contributed by atoms with van der Waals surface area (Å²) in [5.41, 5.74) is 0.907. The molecule has 0 spiro atoms. The minimum absolute atomic E-state index is 0.346. The summed E-state index contributed by atoms with van der Waals surface area (Å²) in [4.78, 5) is 3.31. The smallest absolute Gasteiger partial charge is 0.239 e. The second-order valence-electron chi connectivity index (χ2n) is 2.63. The Hall–Kier alpha value is -1.21. The number of hydrogen-bond donors (Lipinski definition) is 0. The molecule has 0 heterocycles. The molecule has 14 heavy (non-hydrogen) atoms. The molecule has 0 aliphatic carbocycles. The van der Waals surface area contributed by atoms with E-state index in [0.717, 1.165) is 10.0 Å². The van der Waals surface area contributed by atoms with Gasteiger partial charge in [0.25, 0.3) is 0 Å². The second kappa shape index (κ2) is 4.87. The zero-order chi connectivity index (χ0) is 10.6. The van der Waals surface area contributed by atoms with Crippen molar-refractivity contribution in [2.24, 2.45) is 0 Å². The molecule has 0 aliphatic rings. The summed E-state index contributed by atoms with van der Waals surface area (Å²) >= 11 is 3.36. The van der Waals surface area contributed by atoms with Gasteiger partial charge in [0.1, 0.15) is 0 Å². The van der Waals surface area contributed by atoms with Gasteiger partial charge < -0.3 is 14.3 Å². The molecule has 1 rings (SSSR count). The van der Waals surface area contributed by atoms with E-state index in [1.165, 1.54) is 0 Å². The maximum atomic E-state index is 6.77. The van der Waals surface area contributed by atoms with Gasteiger partial charge in [-0.2, -0.15) is 0 Å². The Labute approximate surface area is 91.6 Å². The molecule has 0 amide bonds. The largest absolute Gasteiger partial charge is 0.493 e. The molecule has 0 aliphatic heterocycles. The maximum absolute atomic E-state index is 6.77. The topological polar surface area (TPSA) is 22.8 Å². The Kier molecular flexibility index (Phi) is 3.78. The molecule has 0 bridgehead atoms. The molecule has 0 N–H and O–H groups in total. The fraction of sp³-hybridized carbons (Fsp3) is 0.300. The fourth-order valence-corrected chi connectivity index (χ4v) is 1.81. The average molecular weight is 256 g/mol. The summed E-state index contributed by atoms with van der Waals surface area (Å²) in [6.45, 7) is 7.12. The lowest BCUT2D eigenvalue weighted by molar-refractivity contribution is 0.353. The predicted octanol–water partition coefficient (Wildman–Crippen LogP) is 2.89. The van der Waals surface area contributed by atoms with E-state index in [-0.39, 0.29) is 0 Å². The van der Waals surface area contributed by atoms with Crippen molar-refractivity contribution in [2.75, 3.05) is 14.2 Å². The van der Waals surface area contributed by atoms with E-state index in [1.54, 1.807) is 14.2 Å². The molecule has 0 saturated heterocycles. The normalized spacial score (nSPS) is 9.29. The zero-order valence-electron chi connectivity index (χ0n) is 8.00. The molecule has 3 nitrogen and oxygen atoms in total. The highest BCUT2D eigenvalue weighted by Gasteiger charge is 2.11. The van der Waals surface area contributed by atoms with E-state index < -0.39 is 0 Å². The first-order valence-electron chi connectivity index (χ1n) is 3.96. The van der Waals surface area contributed by atoms with Gasteiger partial charge in [-0.25, -0.2) is 6.57 Å². The van der Waals surface area contributed by atoms with Crippen LogP contribution in [0.25, 0.3) is 4.85 Å². The first-order valence-corrected chi connectivity index (χ1v) is 4.75. The molecule has 0 unspecified atom stereocenters. The third-order valence-corrected chi connectivity index (χ3v) is 2.34. The van der Waals surface area contributed by atoms with Gasteiger partial charge >= 0.3 is 0 Å². The van der Waals surface area contributed by atoms with Crippen LogP contribution in [0.3, 0.4) is 0 Å². The quantitative estimate of drug-likeness (QED) is 0.776. The molecule has 74 valence electrons. The number of nitrogens with zero attached hydrogens (tertiary/aromatic N) is 1. The Balaban J connectivity index is 3.18. The molecule has 0 aromatic heterocycles. The number of methoxy groups -OCH3 is 2. The molecule has 0 saturated carbocycles. The molecular formula is C10H10BrNO2. The van der Waals surface area contributed by atoms with Crippen LogP contribution < -0.4 is 9.47 Å². The third-order valence-electron chi connectivity index (χ3n) is 1.75. The van der Waals surface area contributed by atoms with Crippen LogP contribution in [0.1, 0.15) is 5.56 Å². The van der Waals surface area contributed by atoms with Crippen LogP contribution in [-0.4, -0.2) is 14.2 Å². The van der Waals surface area contributed by atoms with Crippen molar-refractivity contribution in [2.45, 2.75) is 6.54 Å². The second-order valence-corrected chi connectivity index (χ2v) is 3.48. The van der Waals surface area contributed by atoms with Crippen molar-refractivity contribution < 1.29 is 9.47 Å². The third kappa shape index (κ3) is 2.18. The van der Waals surface area contributed by atoms with E-state index in [1.807, 2.05) is 12.1 Å². The number of halogens is 1. The Morgan fingerprint density at radius 3 is 2.57 bits per heavy atom. The van der Waals surface area contributed by atoms with Crippen molar-refractivity contribution in [1.29, 1.82) is 0 Å². The highest BCUT2D eigenvalue weighted by atomic mass is 79.9. The van der Waals surface area contributed by atoms with Crippen molar-refractivity contribution in [3.8, 4) is 11.5 Å². The highest BCUT2D eigenvalue weighted by molar-refractivity contribution is 9.10. The first kappa shape index (κ1) is 10.9. The Bertz CT molecular complexity index is 371. The Morgan fingerprint density at radius 2 is 2.07 bits per heavy atom. The van der Waals surface area contributed by atoms with Crippen LogP contribution in [0.15, 0.2) is 16.6 Å². The monoisotopic (exact) mass is 255 g/mol. The summed E-state index contributed by atoms with van der Waals surface area (Å²) in [5.74, 6) is 1.29. The molecule has 0 radical (unpaired) electrons. The van der Waals surface area contributed by atoms with Gasteiger partial charge in [-0.05, 0) is 28.1 Å². The molecule has 0 fully saturated rings. The van der Waals surface area contributed by atoms with Gasteiger partial charge in [0.15, 0.2) is 11.5 Å². The van der Waals surface area contributed by atoms with E-state index in [4.69, 9.17) is 16.0 Å². The standard InChI is InChI=1S/C10H10BrNO2/c1-12-6-7-4-8(11)10(14-3)9(5-7)13-2/h4-5H,6H2,2-3H3. The van der Waals surface area contributed by atoms with E-state index in [9.17, 15) is 0 Å². The van der Waals surface area contributed by atoms with E-state index in [2.05, 4.69) is 20.8 Å². The molecule has 1 aromatic rings. The molecule has 0 atom stereocenters. The number of hydrogen-bond acceptors (Lipinski definition) is 2. The van der Waals surface area contributed by atoms with E-state index in [0.29, 0.717) is 18.0 Å². The summed E-state index contributed by atoms with van der Waals surface area (Å²) in [6.07, 6.45) is 0. The van der Waals surface area contributed by atoms with Gasteiger partial charge in [-0.15, -0.1) is 0 Å².